The lowest BCUT2D eigenvalue weighted by molar-refractivity contribution is 1.60. The van der Waals surface area contributed by atoms with Crippen LogP contribution >= 0.6 is 11.8 Å². The molecule has 0 aromatic rings. The molecule has 0 aliphatic carbocycles. The van der Waals surface area contributed by atoms with Crippen molar-refractivity contribution in [1.82, 2.24) is 0 Å². The number of thioether (sulfide) groups is 1. The fourth-order valence-electron chi connectivity index (χ4n) is 0.0589. The third kappa shape index (κ3) is 3.80. The second-order valence-corrected chi connectivity index (χ2v) is 1.20. The number of nitrogens with one attached hydrogen (secondary N) is 1. The molecule has 1 nitrogen and oxygen atoms in total. The molecule has 0 saturated heterocycles. The predicted molar refractivity (Wildman–Crippen MR) is 25.8 cm³/mol. The van der Waals surface area contributed by atoms with Gasteiger partial charge in [-0.15, -0.1) is 11.8 Å². The average molecular weight is 87.1 g/mol. The van der Waals surface area contributed by atoms with Gasteiger partial charge in [0, 0.05) is 5.41 Å². The van der Waals surface area contributed by atoms with E-state index in [1.807, 2.05) is 6.26 Å². The van der Waals surface area contributed by atoms with Gasteiger partial charge in [0.2, 0.25) is 0 Å². The van der Waals surface area contributed by atoms with Gasteiger partial charge in [-0.2, -0.15) is 0 Å². The van der Waals surface area contributed by atoms with E-state index in [2.05, 4.69) is 5.87 Å². The van der Waals surface area contributed by atoms with Crippen LogP contribution in [-0.2, 0) is 0 Å². The Hall–Kier alpha value is -0.200. The van der Waals surface area contributed by atoms with Crippen molar-refractivity contribution in [3.63, 3.8) is 0 Å². The largest absolute Gasteiger partial charge is 0.258 e. The average Bonchev–Trinajstić information content (AvgIpc) is 1.41. The van der Waals surface area contributed by atoms with E-state index < -0.39 is 0 Å². The summed E-state index contributed by atoms with van der Waals surface area (Å²) in [7, 11) is 0. The molecule has 1 N–H and O–H groups in total. The molecule has 0 aromatic heterocycles. The summed E-state index contributed by atoms with van der Waals surface area (Å²) in [4.78, 5) is 0. The Labute approximate surface area is 35.6 Å². The summed E-state index contributed by atoms with van der Waals surface area (Å²) in [6, 6.07) is 0. The van der Waals surface area contributed by atoms with E-state index in [0.717, 1.165) is 0 Å². The van der Waals surface area contributed by atoms with Crippen LogP contribution in [0.3, 0.4) is 0 Å². The van der Waals surface area contributed by atoms with E-state index in [4.69, 9.17) is 5.41 Å². The lowest BCUT2D eigenvalue weighted by atomic mass is 11.2. The van der Waals surface area contributed by atoms with E-state index in [-0.39, 0.29) is 0 Å². The minimum absolute atomic E-state index is 1.48. The molecule has 0 aromatic carbocycles. The zero-order valence-electron chi connectivity index (χ0n) is 2.99. The maximum atomic E-state index is 6.28. The Morgan fingerprint density at radius 1 is 2.00 bits per heavy atom. The normalized spacial score (nSPS) is 5.80. The highest BCUT2D eigenvalue weighted by Crippen LogP contribution is 1.84. The van der Waals surface area contributed by atoms with Gasteiger partial charge >= 0.3 is 0 Å². The van der Waals surface area contributed by atoms with Crippen molar-refractivity contribution < 1.29 is 0 Å². The molecule has 0 heterocycles. The van der Waals surface area contributed by atoms with E-state index >= 15 is 0 Å². The summed E-state index contributed by atoms with van der Waals surface area (Å²) in [5.74, 6) is 2.11. The van der Waals surface area contributed by atoms with E-state index in [1.165, 1.54) is 11.8 Å². The molecule has 28 valence electrons. The second-order valence-electron chi connectivity index (χ2n) is 0.498. The van der Waals surface area contributed by atoms with Crippen LogP contribution in [0.15, 0.2) is 5.41 Å². The summed E-state index contributed by atoms with van der Waals surface area (Å²) < 4.78 is 0. The summed E-state index contributed by atoms with van der Waals surface area (Å²) in [6.07, 6.45) is 1.89. The quantitative estimate of drug-likeness (QED) is 0.476. The summed E-state index contributed by atoms with van der Waals surface area (Å²) in [5.41, 5.74) is 0. The van der Waals surface area contributed by atoms with Crippen LogP contribution in [-0.4, -0.2) is 12.1 Å². The molecule has 0 saturated carbocycles. The molecule has 2 heteroatoms. The minimum atomic E-state index is 1.48. The molecular weight excluding hydrogens is 82.1 g/mol. The third-order valence-electron chi connectivity index (χ3n) is 0.177. The van der Waals surface area contributed by atoms with Crippen molar-refractivity contribution in [2.24, 2.45) is 0 Å². The highest BCUT2D eigenvalue weighted by molar-refractivity contribution is 8.01. The molecular formula is C3H5NS. The predicted octanol–water partition coefficient (Wildman–Crippen LogP) is 1.11. The van der Waals surface area contributed by atoms with Gasteiger partial charge in [0.15, 0.2) is 0 Å². The van der Waals surface area contributed by atoms with Gasteiger partial charge in [0.05, 0.1) is 0 Å². The Morgan fingerprint density at radius 3 is 2.60 bits per heavy atom. The van der Waals surface area contributed by atoms with Gasteiger partial charge in [0.1, 0.15) is 0 Å². The number of hydrogen-bond acceptors (Lipinski definition) is 2. The molecule has 5 heavy (non-hydrogen) atoms. The molecule has 0 spiro atoms. The highest BCUT2D eigenvalue weighted by Gasteiger charge is 1.49. The van der Waals surface area contributed by atoms with Gasteiger partial charge in [0.25, 0.3) is 0 Å². The fraction of sp³-hybridized carbons (Fsp3) is 0.333. The zero-order chi connectivity index (χ0) is 4.12. The fourth-order valence-corrected chi connectivity index (χ4v) is 0.177. The van der Waals surface area contributed by atoms with Crippen molar-refractivity contribution in [1.29, 1.82) is 5.41 Å². The van der Waals surface area contributed by atoms with Crippen LogP contribution in [0, 0.1) is 5.41 Å². The second kappa shape index (κ2) is 3.80. The smallest absolute Gasteiger partial charge is 0.0315 e. The van der Waals surface area contributed by atoms with Crippen LogP contribution in [0.2, 0.25) is 0 Å². The van der Waals surface area contributed by atoms with Crippen molar-refractivity contribution >= 4 is 17.6 Å². The Balaban J connectivity index is 2.93. The van der Waals surface area contributed by atoms with E-state index in [0.29, 0.717) is 0 Å². The van der Waals surface area contributed by atoms with Crippen LogP contribution < -0.4 is 0 Å². The van der Waals surface area contributed by atoms with E-state index in [9.17, 15) is 0 Å². The lowest BCUT2D eigenvalue weighted by Crippen LogP contribution is -1.37. The van der Waals surface area contributed by atoms with Gasteiger partial charge < -0.3 is 0 Å². The zero-order valence-corrected chi connectivity index (χ0v) is 3.80. The topological polar surface area (TPSA) is 23.9 Å². The van der Waals surface area contributed by atoms with Gasteiger partial charge in [-0.3, -0.25) is 5.41 Å². The van der Waals surface area contributed by atoms with Crippen LogP contribution in [0.4, 0.5) is 0 Å². The summed E-state index contributed by atoms with van der Waals surface area (Å²) >= 11 is 1.48. The molecule has 0 atom stereocenters. The maximum absolute atomic E-state index is 6.28. The van der Waals surface area contributed by atoms with Gasteiger partial charge in [-0.25, -0.2) is 0 Å². The summed E-state index contributed by atoms with van der Waals surface area (Å²) in [5, 5.41) is 7.86. The van der Waals surface area contributed by atoms with E-state index in [1.54, 1.807) is 5.41 Å². The molecule has 0 aliphatic rings. The first-order valence-electron chi connectivity index (χ1n) is 1.18. The van der Waals surface area contributed by atoms with Gasteiger partial charge in [-0.05, 0) is 12.1 Å². The molecule has 0 aliphatic heterocycles. The lowest BCUT2D eigenvalue weighted by Gasteiger charge is -1.59. The molecule has 0 amide bonds. The standard InChI is InChI=1S/C3H5NS/c1-5-3-2-4/h3-4H,1H3. The number of rotatable bonds is 1. The first-order chi connectivity index (χ1) is 2.41. The molecule has 0 unspecified atom stereocenters. The molecule has 0 bridgehead atoms. The molecule has 0 radical (unpaired) electrons. The van der Waals surface area contributed by atoms with Crippen LogP contribution in [0.25, 0.3) is 0 Å². The first kappa shape index (κ1) is 4.80. The highest BCUT2D eigenvalue weighted by atomic mass is 32.2. The SMILES string of the molecule is CSC=C=N. The third-order valence-corrected chi connectivity index (χ3v) is 0.530. The number of hydrogen-bond donors (Lipinski definition) is 1. The van der Waals surface area contributed by atoms with Crippen molar-refractivity contribution in [2.75, 3.05) is 6.26 Å². The maximum Gasteiger partial charge on any atom is 0.0315 e. The van der Waals surface area contributed by atoms with Crippen molar-refractivity contribution in [3.8, 4) is 0 Å². The Kier molecular flexibility index (Phi) is 3.65. The van der Waals surface area contributed by atoms with Crippen LogP contribution in [0.1, 0.15) is 0 Å². The van der Waals surface area contributed by atoms with Crippen molar-refractivity contribution in [2.45, 2.75) is 0 Å². The Morgan fingerprint density at radius 2 is 2.60 bits per heavy atom. The molecule has 0 fully saturated rings. The van der Waals surface area contributed by atoms with Crippen LogP contribution in [0.5, 0.6) is 0 Å². The Bertz CT molecular complexity index is 53.9. The van der Waals surface area contributed by atoms with Gasteiger partial charge in [-0.1, -0.05) is 0 Å². The monoisotopic (exact) mass is 87.0 g/mol. The first-order valence-corrected chi connectivity index (χ1v) is 2.47. The minimum Gasteiger partial charge on any atom is -0.258 e. The summed E-state index contributed by atoms with van der Waals surface area (Å²) in [6.45, 7) is 0. The van der Waals surface area contributed by atoms with Crippen molar-refractivity contribution in [3.05, 3.63) is 5.41 Å². The molecule has 0 rings (SSSR count).